The Labute approximate surface area is 92.9 Å². The molecule has 86 valence electrons. The monoisotopic (exact) mass is 241 g/mol. The van der Waals surface area contributed by atoms with E-state index in [9.17, 15) is 8.42 Å². The number of furan rings is 1. The number of nitrogens with two attached hydrogens (primary N) is 1. The molecule has 0 saturated carbocycles. The molecule has 6 heteroatoms. The van der Waals surface area contributed by atoms with Crippen LogP contribution in [0, 0.1) is 0 Å². The van der Waals surface area contributed by atoms with Crippen molar-refractivity contribution in [2.45, 2.75) is 11.7 Å². The molecule has 0 spiro atoms. The van der Waals surface area contributed by atoms with E-state index >= 15 is 0 Å². The molecule has 5 nitrogen and oxygen atoms in total. The molecule has 0 aliphatic carbocycles. The van der Waals surface area contributed by atoms with Crippen LogP contribution in [0.3, 0.4) is 0 Å². The van der Waals surface area contributed by atoms with Gasteiger partial charge in [-0.05, 0) is 17.7 Å². The minimum Gasteiger partial charge on any atom is -0.443 e. The molecule has 0 amide bonds. The molecule has 0 saturated heterocycles. The van der Waals surface area contributed by atoms with Crippen molar-refractivity contribution < 1.29 is 17.6 Å². The minimum absolute atomic E-state index is 0.225. The molecule has 0 radical (unpaired) electrons. The van der Waals surface area contributed by atoms with Gasteiger partial charge in [0, 0.05) is 18.6 Å². The highest BCUT2D eigenvalue weighted by atomic mass is 32.2. The summed E-state index contributed by atoms with van der Waals surface area (Å²) < 4.78 is 32.2. The highest BCUT2D eigenvalue weighted by molar-refractivity contribution is 7.89. The summed E-state index contributed by atoms with van der Waals surface area (Å²) in [4.78, 5) is 0. The smallest absolute Gasteiger partial charge is 0.271 e. The molecule has 0 atom stereocenters. The van der Waals surface area contributed by atoms with Gasteiger partial charge < -0.3 is 9.15 Å². The summed E-state index contributed by atoms with van der Waals surface area (Å²) in [5, 5.41) is 5.44. The van der Waals surface area contributed by atoms with Crippen LogP contribution in [-0.4, -0.2) is 15.5 Å². The summed E-state index contributed by atoms with van der Waals surface area (Å²) in [5.41, 5.74) is 1.43. The lowest BCUT2D eigenvalue weighted by Gasteiger charge is -1.97. The second-order valence-corrected chi connectivity index (χ2v) is 4.91. The van der Waals surface area contributed by atoms with Gasteiger partial charge in [-0.15, -0.1) is 0 Å². The summed E-state index contributed by atoms with van der Waals surface area (Å²) in [6, 6.07) is 6.71. The molecule has 2 aromatic rings. The Balaban J connectivity index is 2.54. The number of primary sulfonamides is 1. The van der Waals surface area contributed by atoms with E-state index in [1.54, 1.807) is 19.2 Å². The molecule has 0 aliphatic rings. The Morgan fingerprint density at radius 3 is 2.75 bits per heavy atom. The van der Waals surface area contributed by atoms with Gasteiger partial charge in [0.15, 0.2) is 0 Å². The predicted octanol–water partition coefficient (Wildman–Crippen LogP) is 1.23. The van der Waals surface area contributed by atoms with Crippen molar-refractivity contribution >= 4 is 21.0 Å². The number of benzene rings is 1. The Morgan fingerprint density at radius 2 is 2.12 bits per heavy atom. The quantitative estimate of drug-likeness (QED) is 0.876. The molecule has 1 aromatic carbocycles. The van der Waals surface area contributed by atoms with E-state index in [-0.39, 0.29) is 5.09 Å². The van der Waals surface area contributed by atoms with Crippen molar-refractivity contribution in [2.75, 3.05) is 7.11 Å². The van der Waals surface area contributed by atoms with E-state index in [4.69, 9.17) is 14.3 Å². The molecule has 2 N–H and O–H groups in total. The van der Waals surface area contributed by atoms with Gasteiger partial charge in [-0.2, -0.15) is 0 Å². The molecule has 0 bridgehead atoms. The third-order valence-electron chi connectivity index (χ3n) is 2.15. The second kappa shape index (κ2) is 3.89. The fraction of sp³-hybridized carbons (Fsp3) is 0.200. The second-order valence-electron chi connectivity index (χ2n) is 3.42. The van der Waals surface area contributed by atoms with Crippen molar-refractivity contribution in [2.24, 2.45) is 5.14 Å². The van der Waals surface area contributed by atoms with Gasteiger partial charge in [0.05, 0.1) is 6.61 Å². The topological polar surface area (TPSA) is 82.5 Å². The number of rotatable bonds is 3. The maximum atomic E-state index is 11.1. The number of sulfonamides is 1. The molecule has 16 heavy (non-hydrogen) atoms. The van der Waals surface area contributed by atoms with Gasteiger partial charge >= 0.3 is 0 Å². The maximum Gasteiger partial charge on any atom is 0.271 e. The van der Waals surface area contributed by atoms with Gasteiger partial charge in [-0.25, -0.2) is 13.6 Å². The van der Waals surface area contributed by atoms with E-state index in [1.165, 1.54) is 6.07 Å². The van der Waals surface area contributed by atoms with Crippen molar-refractivity contribution in [1.82, 2.24) is 0 Å². The molecular weight excluding hydrogens is 230 g/mol. The third kappa shape index (κ3) is 2.08. The summed E-state index contributed by atoms with van der Waals surface area (Å²) in [6.45, 7) is 0.464. The number of ether oxygens (including phenoxy) is 1. The van der Waals surface area contributed by atoms with Crippen LogP contribution >= 0.6 is 0 Å². The maximum absolute atomic E-state index is 11.1. The number of hydrogen-bond donors (Lipinski definition) is 1. The van der Waals surface area contributed by atoms with E-state index < -0.39 is 10.0 Å². The largest absolute Gasteiger partial charge is 0.443 e. The lowest BCUT2D eigenvalue weighted by Crippen LogP contribution is -2.10. The van der Waals surface area contributed by atoms with Crippen LogP contribution in [0.5, 0.6) is 0 Å². The number of hydrogen-bond acceptors (Lipinski definition) is 4. The molecule has 1 heterocycles. The Bertz CT molecular complexity index is 615. The van der Waals surface area contributed by atoms with Crippen LogP contribution < -0.4 is 5.14 Å². The van der Waals surface area contributed by atoms with Crippen molar-refractivity contribution in [3.8, 4) is 0 Å². The van der Waals surface area contributed by atoms with Crippen molar-refractivity contribution in [3.63, 3.8) is 0 Å². The summed E-state index contributed by atoms with van der Waals surface area (Å²) in [6.07, 6.45) is 0. The molecular formula is C10H11NO4S. The molecule has 0 fully saturated rings. The number of methoxy groups -OCH3 is 1. The highest BCUT2D eigenvalue weighted by Crippen LogP contribution is 2.23. The summed E-state index contributed by atoms with van der Waals surface area (Å²) in [5.74, 6) is 0. The molecule has 2 rings (SSSR count). The van der Waals surface area contributed by atoms with Crippen LogP contribution in [0.15, 0.2) is 33.8 Å². The molecule has 0 aliphatic heterocycles. The van der Waals surface area contributed by atoms with Crippen LogP contribution in [0.2, 0.25) is 0 Å². The zero-order chi connectivity index (χ0) is 11.8. The minimum atomic E-state index is -3.79. The van der Waals surface area contributed by atoms with Crippen LogP contribution in [0.25, 0.3) is 11.0 Å². The lowest BCUT2D eigenvalue weighted by atomic mass is 10.2. The van der Waals surface area contributed by atoms with E-state index in [0.717, 1.165) is 5.56 Å². The van der Waals surface area contributed by atoms with Crippen molar-refractivity contribution in [3.05, 3.63) is 29.8 Å². The first-order valence-corrected chi connectivity index (χ1v) is 6.09. The first kappa shape index (κ1) is 11.1. The first-order chi connectivity index (χ1) is 7.50. The van der Waals surface area contributed by atoms with Crippen molar-refractivity contribution in [1.29, 1.82) is 0 Å². The van der Waals surface area contributed by atoms with Gasteiger partial charge in [-0.1, -0.05) is 6.07 Å². The van der Waals surface area contributed by atoms with Gasteiger partial charge in [0.1, 0.15) is 5.58 Å². The van der Waals surface area contributed by atoms with Crippen LogP contribution in [-0.2, 0) is 21.4 Å². The lowest BCUT2D eigenvalue weighted by molar-refractivity contribution is 0.185. The van der Waals surface area contributed by atoms with E-state index in [1.807, 2.05) is 6.07 Å². The Kier molecular flexibility index (Phi) is 2.71. The SMILES string of the molecule is COCc1ccc2oc(S(N)(=O)=O)cc2c1. The predicted molar refractivity (Wildman–Crippen MR) is 58.3 cm³/mol. The highest BCUT2D eigenvalue weighted by Gasteiger charge is 2.14. The molecule has 0 unspecified atom stereocenters. The van der Waals surface area contributed by atoms with E-state index in [0.29, 0.717) is 17.6 Å². The van der Waals surface area contributed by atoms with Crippen LogP contribution in [0.1, 0.15) is 5.56 Å². The van der Waals surface area contributed by atoms with Gasteiger partial charge in [0.2, 0.25) is 5.09 Å². The van der Waals surface area contributed by atoms with Crippen LogP contribution in [0.4, 0.5) is 0 Å². The third-order valence-corrected chi connectivity index (χ3v) is 2.91. The number of fused-ring (bicyclic) bond motifs is 1. The molecule has 1 aromatic heterocycles. The zero-order valence-electron chi connectivity index (χ0n) is 8.64. The Hall–Kier alpha value is -1.37. The fourth-order valence-electron chi connectivity index (χ4n) is 1.47. The summed E-state index contributed by atoms with van der Waals surface area (Å²) >= 11 is 0. The normalized spacial score (nSPS) is 12.1. The average Bonchev–Trinajstić information content (AvgIpc) is 2.60. The Morgan fingerprint density at radius 1 is 1.38 bits per heavy atom. The van der Waals surface area contributed by atoms with Gasteiger partial charge in [-0.3, -0.25) is 0 Å². The van der Waals surface area contributed by atoms with E-state index in [2.05, 4.69) is 0 Å². The zero-order valence-corrected chi connectivity index (χ0v) is 9.45. The fourth-order valence-corrected chi connectivity index (χ4v) is 1.96. The first-order valence-electron chi connectivity index (χ1n) is 4.55. The average molecular weight is 241 g/mol. The summed E-state index contributed by atoms with van der Waals surface area (Å²) in [7, 11) is -2.20. The standard InChI is InChI=1S/C10H11NO4S/c1-14-6-7-2-3-9-8(4-7)5-10(15-9)16(11,12)13/h2-5H,6H2,1H3,(H2,11,12,13). The van der Waals surface area contributed by atoms with Gasteiger partial charge in [0.25, 0.3) is 10.0 Å².